The van der Waals surface area contributed by atoms with Crippen molar-refractivity contribution in [3.8, 4) is 17.0 Å². The fourth-order valence-corrected chi connectivity index (χ4v) is 3.09. The van der Waals surface area contributed by atoms with Crippen LogP contribution in [0.2, 0.25) is 0 Å². The molecule has 0 saturated heterocycles. The maximum atomic E-state index is 15.3. The Bertz CT molecular complexity index is 1260. The monoisotopic (exact) mass is 424 g/mol. The Balaban J connectivity index is 1.59. The molecule has 3 aromatic heterocycles. The number of fused-ring (bicyclic) bond motifs is 1. The van der Waals surface area contributed by atoms with Crippen molar-refractivity contribution >= 4 is 11.4 Å². The number of aromatic nitrogens is 5. The lowest BCUT2D eigenvalue weighted by atomic mass is 9.97. The quantitative estimate of drug-likeness (QED) is 0.524. The summed E-state index contributed by atoms with van der Waals surface area (Å²) in [6, 6.07) is 6.87. The van der Waals surface area contributed by atoms with Crippen molar-refractivity contribution in [1.82, 2.24) is 30.1 Å². The van der Waals surface area contributed by atoms with Gasteiger partial charge in [-0.05, 0) is 18.2 Å². The molecule has 3 heterocycles. The van der Waals surface area contributed by atoms with Crippen LogP contribution in [-0.4, -0.2) is 37.8 Å². The summed E-state index contributed by atoms with van der Waals surface area (Å²) in [4.78, 5) is 20.7. The molecule has 0 unspecified atom stereocenters. The number of amides is 1. The van der Waals surface area contributed by atoms with Crippen LogP contribution in [-0.2, 0) is 12.0 Å². The normalized spacial score (nSPS) is 11.6. The van der Waals surface area contributed by atoms with E-state index in [1.807, 2.05) is 20.8 Å². The molecule has 31 heavy (non-hydrogen) atoms. The van der Waals surface area contributed by atoms with Crippen LogP contribution in [0.25, 0.3) is 16.8 Å². The second-order valence-electron chi connectivity index (χ2n) is 7.92. The summed E-state index contributed by atoms with van der Waals surface area (Å²) in [5.74, 6) is -0.823. The maximum Gasteiger partial charge on any atom is 0.292 e. The highest BCUT2D eigenvalue weighted by molar-refractivity contribution is 5.90. The van der Waals surface area contributed by atoms with Crippen LogP contribution in [0.5, 0.6) is 5.75 Å². The van der Waals surface area contributed by atoms with Crippen LogP contribution in [0.3, 0.4) is 0 Å². The summed E-state index contributed by atoms with van der Waals surface area (Å²) in [6.07, 6.45) is 3.11. The van der Waals surface area contributed by atoms with E-state index in [1.54, 1.807) is 35.0 Å². The van der Waals surface area contributed by atoms with E-state index in [9.17, 15) is 4.79 Å². The Hall–Kier alpha value is -3.82. The molecule has 1 amide bonds. The molecule has 9 nitrogen and oxygen atoms in total. The molecule has 1 aromatic carbocycles. The van der Waals surface area contributed by atoms with Gasteiger partial charge in [-0.1, -0.05) is 32.0 Å². The fraction of sp³-hybridized carbons (Fsp3) is 0.286. The third kappa shape index (κ3) is 3.83. The predicted molar refractivity (Wildman–Crippen MR) is 109 cm³/mol. The van der Waals surface area contributed by atoms with Crippen LogP contribution in [0.4, 0.5) is 4.39 Å². The van der Waals surface area contributed by atoms with Gasteiger partial charge in [0.2, 0.25) is 5.89 Å². The number of hydrogen-bond acceptors (Lipinski definition) is 7. The molecule has 160 valence electrons. The van der Waals surface area contributed by atoms with Gasteiger partial charge in [0.05, 0.1) is 12.6 Å². The summed E-state index contributed by atoms with van der Waals surface area (Å²) >= 11 is 0. The van der Waals surface area contributed by atoms with Crippen molar-refractivity contribution in [2.24, 2.45) is 0 Å². The van der Waals surface area contributed by atoms with Gasteiger partial charge < -0.3 is 14.6 Å². The van der Waals surface area contributed by atoms with Crippen molar-refractivity contribution in [3.63, 3.8) is 0 Å². The van der Waals surface area contributed by atoms with Crippen molar-refractivity contribution in [2.75, 3.05) is 7.11 Å². The third-order valence-corrected chi connectivity index (χ3v) is 4.68. The van der Waals surface area contributed by atoms with E-state index >= 15 is 4.39 Å². The first-order valence-electron chi connectivity index (χ1n) is 9.56. The highest BCUT2D eigenvalue weighted by atomic mass is 19.1. The first kappa shape index (κ1) is 20.5. The maximum absolute atomic E-state index is 15.3. The van der Waals surface area contributed by atoms with Crippen molar-refractivity contribution in [1.29, 1.82) is 0 Å². The largest absolute Gasteiger partial charge is 0.493 e. The van der Waals surface area contributed by atoms with Gasteiger partial charge in [-0.2, -0.15) is 10.1 Å². The van der Waals surface area contributed by atoms with Gasteiger partial charge in [0.25, 0.3) is 11.7 Å². The second kappa shape index (κ2) is 7.78. The van der Waals surface area contributed by atoms with Gasteiger partial charge in [-0.25, -0.2) is 13.9 Å². The van der Waals surface area contributed by atoms with Gasteiger partial charge in [-0.3, -0.25) is 4.79 Å². The van der Waals surface area contributed by atoms with Crippen LogP contribution in [0, 0.1) is 5.82 Å². The molecule has 0 radical (unpaired) electrons. The highest BCUT2D eigenvalue weighted by Crippen LogP contribution is 2.33. The van der Waals surface area contributed by atoms with Gasteiger partial charge in [0, 0.05) is 29.3 Å². The lowest BCUT2D eigenvalue weighted by Gasteiger charge is -2.13. The lowest BCUT2D eigenvalue weighted by Crippen LogP contribution is -2.24. The Morgan fingerprint density at radius 1 is 1.29 bits per heavy atom. The molecule has 0 saturated carbocycles. The number of nitrogens with one attached hydrogen (secondary N) is 1. The number of nitrogens with zero attached hydrogens (tertiary/aromatic N) is 5. The van der Waals surface area contributed by atoms with E-state index in [0.29, 0.717) is 22.7 Å². The molecule has 0 aliphatic carbocycles. The lowest BCUT2D eigenvalue weighted by molar-refractivity contribution is 0.0937. The van der Waals surface area contributed by atoms with E-state index in [1.165, 1.54) is 13.4 Å². The Morgan fingerprint density at radius 3 is 2.81 bits per heavy atom. The zero-order valence-corrected chi connectivity index (χ0v) is 17.5. The Labute approximate surface area is 177 Å². The molecule has 0 aliphatic rings. The van der Waals surface area contributed by atoms with Crippen molar-refractivity contribution in [2.45, 2.75) is 32.7 Å². The van der Waals surface area contributed by atoms with Crippen molar-refractivity contribution < 1.29 is 18.4 Å². The molecule has 0 atom stereocenters. The van der Waals surface area contributed by atoms with E-state index < -0.39 is 11.7 Å². The summed E-state index contributed by atoms with van der Waals surface area (Å²) in [6.45, 7) is 5.72. The molecular weight excluding hydrogens is 403 g/mol. The zero-order valence-electron chi connectivity index (χ0n) is 17.5. The zero-order chi connectivity index (χ0) is 22.2. The SMILES string of the molecule is COc1c(CNC(=O)c2noc(C(C)(C)C)n2)ccc(-c2ncnn3cccc23)c1F. The minimum Gasteiger partial charge on any atom is -0.493 e. The van der Waals surface area contributed by atoms with E-state index in [2.05, 4.69) is 25.5 Å². The van der Waals surface area contributed by atoms with Crippen LogP contribution in [0.15, 0.2) is 41.3 Å². The van der Waals surface area contributed by atoms with Gasteiger partial charge in [-0.15, -0.1) is 0 Å². The molecule has 4 aromatic rings. The summed E-state index contributed by atoms with van der Waals surface area (Å²) < 4.78 is 27.3. The predicted octanol–water partition coefficient (Wildman–Crippen LogP) is 3.15. The molecule has 1 N–H and O–H groups in total. The molecule has 0 spiro atoms. The fourth-order valence-electron chi connectivity index (χ4n) is 3.09. The second-order valence-corrected chi connectivity index (χ2v) is 7.92. The number of carbonyl (C=O) groups is 1. The average Bonchev–Trinajstić information content (AvgIpc) is 3.41. The highest BCUT2D eigenvalue weighted by Gasteiger charge is 2.24. The standard InChI is InChI=1S/C21H21FN6O3/c1-21(2,3)20-26-18(27-31-20)19(29)23-10-12-7-8-13(15(22)17(12)30-4)16-14-6-5-9-28(14)25-11-24-16/h5-9,11H,10H2,1-4H3,(H,23,29). The average molecular weight is 424 g/mol. The first-order valence-corrected chi connectivity index (χ1v) is 9.56. The van der Waals surface area contributed by atoms with Gasteiger partial charge in [0.15, 0.2) is 11.6 Å². The Kier molecular flexibility index (Phi) is 5.14. The summed E-state index contributed by atoms with van der Waals surface area (Å²) in [5.41, 5.74) is 1.45. The summed E-state index contributed by atoms with van der Waals surface area (Å²) in [5, 5.41) is 10.5. The van der Waals surface area contributed by atoms with Crippen LogP contribution in [0.1, 0.15) is 42.8 Å². The molecule has 0 aliphatic heterocycles. The van der Waals surface area contributed by atoms with E-state index in [-0.39, 0.29) is 29.1 Å². The van der Waals surface area contributed by atoms with Crippen LogP contribution >= 0.6 is 0 Å². The van der Waals surface area contributed by atoms with Crippen LogP contribution < -0.4 is 10.1 Å². The van der Waals surface area contributed by atoms with Gasteiger partial charge in [0.1, 0.15) is 12.0 Å². The Morgan fingerprint density at radius 2 is 2.10 bits per heavy atom. The van der Waals surface area contributed by atoms with E-state index in [4.69, 9.17) is 9.26 Å². The number of benzene rings is 1. The van der Waals surface area contributed by atoms with Crippen molar-refractivity contribution in [3.05, 3.63) is 59.9 Å². The minimum absolute atomic E-state index is 0.0168. The number of halogens is 1. The number of carbonyl (C=O) groups excluding carboxylic acids is 1. The topological polar surface area (TPSA) is 107 Å². The smallest absolute Gasteiger partial charge is 0.292 e. The van der Waals surface area contributed by atoms with Gasteiger partial charge >= 0.3 is 0 Å². The number of hydrogen-bond donors (Lipinski definition) is 1. The minimum atomic E-state index is -0.578. The molecular formula is C21H21FN6O3. The number of ether oxygens (including phenoxy) is 1. The summed E-state index contributed by atoms with van der Waals surface area (Å²) in [7, 11) is 1.37. The molecule has 10 heteroatoms. The van der Waals surface area contributed by atoms with E-state index in [0.717, 1.165) is 0 Å². The molecule has 0 fully saturated rings. The number of rotatable bonds is 5. The first-order chi connectivity index (χ1) is 14.8. The molecule has 0 bridgehead atoms. The molecule has 4 rings (SSSR count). The third-order valence-electron chi connectivity index (χ3n) is 4.68. The number of methoxy groups -OCH3 is 1.